The van der Waals surface area contributed by atoms with E-state index >= 15 is 0 Å². The van der Waals surface area contributed by atoms with E-state index in [-0.39, 0.29) is 22.8 Å². The number of rotatable bonds is 9. The van der Waals surface area contributed by atoms with Gasteiger partial charge in [0.15, 0.2) is 0 Å². The molecule has 11 heteroatoms. The lowest BCUT2D eigenvalue weighted by atomic mass is 10.0. The van der Waals surface area contributed by atoms with Crippen molar-refractivity contribution in [2.75, 3.05) is 32.6 Å². The van der Waals surface area contributed by atoms with Crippen molar-refractivity contribution in [1.82, 2.24) is 25.1 Å². The molecule has 0 spiro atoms. The number of hydrogen-bond acceptors (Lipinski definition) is 6. The molecule has 1 saturated heterocycles. The number of ether oxygens (including phenoxy) is 1. The van der Waals surface area contributed by atoms with Crippen LogP contribution in [0.2, 0.25) is 0 Å². The van der Waals surface area contributed by atoms with E-state index in [0.29, 0.717) is 31.0 Å². The zero-order chi connectivity index (χ0) is 22.4. The first-order valence-corrected chi connectivity index (χ1v) is 11.8. The Morgan fingerprint density at radius 3 is 2.94 bits per heavy atom. The zero-order valence-corrected chi connectivity index (χ0v) is 18.5. The normalized spacial score (nSPS) is 16.9. The second-order valence-electron chi connectivity index (χ2n) is 7.69. The molecule has 3 N–H and O–H groups in total. The van der Waals surface area contributed by atoms with E-state index in [1.165, 1.54) is 13.0 Å². The van der Waals surface area contributed by atoms with Crippen LogP contribution in [0.25, 0.3) is 11.3 Å². The quantitative estimate of drug-likeness (QED) is 0.492. The van der Waals surface area contributed by atoms with Gasteiger partial charge in [-0.3, -0.25) is 10.2 Å². The van der Waals surface area contributed by atoms with Gasteiger partial charge in [-0.15, -0.1) is 4.83 Å². The number of nitrogens with zero attached hydrogens (tertiary/aromatic N) is 2. The summed E-state index contributed by atoms with van der Waals surface area (Å²) < 4.78 is 46.1. The highest BCUT2D eigenvalue weighted by molar-refractivity contribution is 7.89. The molecule has 1 aromatic heterocycles. The van der Waals surface area contributed by atoms with Gasteiger partial charge in [0.25, 0.3) is 5.91 Å². The SMILES string of the molecule is COCCn1cnc(-c2cc(C)c(F)c(C(=O)NNS(=O)(=O)CC3CCCNC3)c2)c1. The lowest BCUT2D eigenvalue weighted by Crippen LogP contribution is -2.45. The van der Waals surface area contributed by atoms with Crippen LogP contribution in [-0.2, 0) is 21.3 Å². The number of halogens is 1. The van der Waals surface area contributed by atoms with Crippen LogP contribution >= 0.6 is 0 Å². The lowest BCUT2D eigenvalue weighted by molar-refractivity contribution is 0.0941. The van der Waals surface area contributed by atoms with E-state index in [2.05, 4.69) is 20.6 Å². The number of amides is 1. The third kappa shape index (κ3) is 6.33. The number of piperidine rings is 1. The molecule has 1 unspecified atom stereocenters. The molecular weight excluding hydrogens is 425 g/mol. The first kappa shape index (κ1) is 23.3. The van der Waals surface area contributed by atoms with Crippen LogP contribution in [0.3, 0.4) is 0 Å². The van der Waals surface area contributed by atoms with E-state index in [9.17, 15) is 17.6 Å². The van der Waals surface area contributed by atoms with Crippen molar-refractivity contribution in [2.24, 2.45) is 5.92 Å². The molecule has 0 saturated carbocycles. The molecule has 1 fully saturated rings. The Bertz CT molecular complexity index is 1020. The Kier molecular flexibility index (Phi) is 7.76. The van der Waals surface area contributed by atoms with Gasteiger partial charge in [0.05, 0.1) is 29.9 Å². The number of methoxy groups -OCH3 is 1. The minimum absolute atomic E-state index is 0.0290. The largest absolute Gasteiger partial charge is 0.383 e. The van der Waals surface area contributed by atoms with Gasteiger partial charge in [-0.25, -0.2) is 17.8 Å². The molecule has 170 valence electrons. The van der Waals surface area contributed by atoms with Gasteiger partial charge in [-0.05, 0) is 56.5 Å². The van der Waals surface area contributed by atoms with E-state index in [1.54, 1.807) is 25.7 Å². The summed E-state index contributed by atoms with van der Waals surface area (Å²) in [7, 11) is -2.14. The fraction of sp³-hybridized carbons (Fsp3) is 0.500. The summed E-state index contributed by atoms with van der Waals surface area (Å²) in [6.07, 6.45) is 5.11. The maximum Gasteiger partial charge on any atom is 0.269 e. The average Bonchev–Trinajstić information content (AvgIpc) is 3.22. The number of aryl methyl sites for hydroxylation is 1. The molecule has 2 aromatic rings. The topological polar surface area (TPSA) is 114 Å². The summed E-state index contributed by atoms with van der Waals surface area (Å²) in [5.41, 5.74) is 3.24. The fourth-order valence-corrected chi connectivity index (χ4v) is 4.76. The highest BCUT2D eigenvalue weighted by Gasteiger charge is 2.23. The number of benzene rings is 1. The second-order valence-corrected chi connectivity index (χ2v) is 9.46. The number of sulfonamides is 1. The van der Waals surface area contributed by atoms with Crippen LogP contribution in [0.4, 0.5) is 4.39 Å². The van der Waals surface area contributed by atoms with Crippen molar-refractivity contribution in [3.63, 3.8) is 0 Å². The molecule has 3 rings (SSSR count). The number of hydrogen-bond donors (Lipinski definition) is 3. The van der Waals surface area contributed by atoms with Crippen LogP contribution in [0.1, 0.15) is 28.8 Å². The van der Waals surface area contributed by atoms with Gasteiger partial charge in [-0.1, -0.05) is 0 Å². The van der Waals surface area contributed by atoms with Crippen molar-refractivity contribution in [2.45, 2.75) is 26.3 Å². The molecule has 0 aliphatic carbocycles. The summed E-state index contributed by atoms with van der Waals surface area (Å²) in [5.74, 6) is -1.72. The minimum Gasteiger partial charge on any atom is -0.383 e. The van der Waals surface area contributed by atoms with Crippen LogP contribution in [0.15, 0.2) is 24.7 Å². The van der Waals surface area contributed by atoms with Crippen molar-refractivity contribution < 1.29 is 22.3 Å². The van der Waals surface area contributed by atoms with Crippen molar-refractivity contribution in [3.8, 4) is 11.3 Å². The highest BCUT2D eigenvalue weighted by atomic mass is 32.2. The van der Waals surface area contributed by atoms with Crippen LogP contribution in [0, 0.1) is 18.7 Å². The monoisotopic (exact) mass is 453 g/mol. The molecule has 1 atom stereocenters. The van der Waals surface area contributed by atoms with Gasteiger partial charge < -0.3 is 14.6 Å². The Balaban J connectivity index is 1.71. The Morgan fingerprint density at radius 1 is 1.42 bits per heavy atom. The molecule has 31 heavy (non-hydrogen) atoms. The molecule has 0 bridgehead atoms. The van der Waals surface area contributed by atoms with Crippen LogP contribution in [-0.4, -0.2) is 56.4 Å². The van der Waals surface area contributed by atoms with Crippen molar-refractivity contribution in [3.05, 3.63) is 41.6 Å². The molecule has 1 amide bonds. The van der Waals surface area contributed by atoms with Crippen LogP contribution < -0.4 is 15.6 Å². The Morgan fingerprint density at radius 2 is 2.23 bits per heavy atom. The number of hydrazine groups is 1. The first-order valence-electron chi connectivity index (χ1n) is 10.1. The van der Waals surface area contributed by atoms with Gasteiger partial charge >= 0.3 is 0 Å². The van der Waals surface area contributed by atoms with E-state index in [0.717, 1.165) is 19.4 Å². The Hall–Kier alpha value is -2.34. The minimum atomic E-state index is -3.75. The number of nitrogens with one attached hydrogen (secondary N) is 3. The van der Waals surface area contributed by atoms with Crippen molar-refractivity contribution in [1.29, 1.82) is 0 Å². The lowest BCUT2D eigenvalue weighted by Gasteiger charge is -2.22. The predicted molar refractivity (Wildman–Crippen MR) is 114 cm³/mol. The number of carbonyl (C=O) groups excluding carboxylic acids is 1. The second kappa shape index (κ2) is 10.3. The Labute approximate surface area is 181 Å². The summed E-state index contributed by atoms with van der Waals surface area (Å²) in [5, 5.41) is 3.15. The predicted octanol–water partition coefficient (Wildman–Crippen LogP) is 1.21. The molecule has 1 aliphatic heterocycles. The molecule has 9 nitrogen and oxygen atoms in total. The average molecular weight is 454 g/mol. The van der Waals surface area contributed by atoms with Gasteiger partial charge in [0.2, 0.25) is 10.0 Å². The standard InChI is InChI=1S/C20H28FN5O4S/c1-14-8-16(18-11-26(13-23-18)6-7-30-2)9-17(19(14)21)20(27)24-25-31(28,29)12-15-4-3-5-22-10-15/h8-9,11,13,15,22,25H,3-7,10,12H2,1-2H3,(H,24,27). The fourth-order valence-electron chi connectivity index (χ4n) is 3.52. The van der Waals surface area contributed by atoms with Crippen molar-refractivity contribution >= 4 is 15.9 Å². The maximum atomic E-state index is 14.6. The summed E-state index contributed by atoms with van der Waals surface area (Å²) in [6, 6.07) is 2.95. The first-order chi connectivity index (χ1) is 14.8. The summed E-state index contributed by atoms with van der Waals surface area (Å²) in [4.78, 5) is 18.9. The zero-order valence-electron chi connectivity index (χ0n) is 17.7. The molecule has 0 radical (unpaired) electrons. The number of carbonyl (C=O) groups is 1. The molecular formula is C20H28FN5O4S. The molecule has 2 heterocycles. The van der Waals surface area contributed by atoms with E-state index in [4.69, 9.17) is 4.74 Å². The molecule has 1 aromatic carbocycles. The smallest absolute Gasteiger partial charge is 0.269 e. The van der Waals surface area contributed by atoms with Gasteiger partial charge in [0.1, 0.15) is 5.82 Å². The third-order valence-corrected chi connectivity index (χ3v) is 6.48. The number of aromatic nitrogens is 2. The highest BCUT2D eigenvalue weighted by Crippen LogP contribution is 2.24. The van der Waals surface area contributed by atoms with Gasteiger partial charge in [-0.2, -0.15) is 0 Å². The maximum absolute atomic E-state index is 14.6. The van der Waals surface area contributed by atoms with Crippen LogP contribution in [0.5, 0.6) is 0 Å². The molecule has 1 aliphatic rings. The van der Waals surface area contributed by atoms with Gasteiger partial charge in [0, 0.05) is 25.4 Å². The number of imidazole rings is 1. The van der Waals surface area contributed by atoms with E-state index < -0.39 is 21.7 Å². The van der Waals surface area contributed by atoms with E-state index in [1.807, 2.05) is 4.57 Å². The summed E-state index contributed by atoms with van der Waals surface area (Å²) in [6.45, 7) is 4.15. The third-order valence-electron chi connectivity index (χ3n) is 5.16. The summed E-state index contributed by atoms with van der Waals surface area (Å²) >= 11 is 0.